The van der Waals surface area contributed by atoms with Gasteiger partial charge in [-0.05, 0) is 18.8 Å². The van der Waals surface area contributed by atoms with E-state index < -0.39 is 0 Å². The van der Waals surface area contributed by atoms with Gasteiger partial charge in [0.1, 0.15) is 0 Å². The van der Waals surface area contributed by atoms with Crippen molar-refractivity contribution < 1.29 is 9.15 Å². The molecule has 0 spiro atoms. The SMILES string of the molecule is COc1ccoc1[C@@H](N)C1CC1. The van der Waals surface area contributed by atoms with E-state index in [9.17, 15) is 0 Å². The van der Waals surface area contributed by atoms with Gasteiger partial charge in [0.2, 0.25) is 0 Å². The van der Waals surface area contributed by atoms with Gasteiger partial charge in [-0.1, -0.05) is 0 Å². The predicted octanol–water partition coefficient (Wildman–Crippen LogP) is 1.70. The molecule has 0 amide bonds. The molecule has 1 saturated carbocycles. The minimum atomic E-state index is 0.0231. The Bertz CT molecular complexity index is 265. The smallest absolute Gasteiger partial charge is 0.162 e. The molecule has 1 aliphatic carbocycles. The first kappa shape index (κ1) is 7.68. The van der Waals surface area contributed by atoms with Crippen molar-refractivity contribution in [1.29, 1.82) is 0 Å². The fraction of sp³-hybridized carbons (Fsp3) is 0.556. The first-order chi connectivity index (χ1) is 5.83. The van der Waals surface area contributed by atoms with Crippen LogP contribution in [0, 0.1) is 5.92 Å². The van der Waals surface area contributed by atoms with E-state index in [-0.39, 0.29) is 6.04 Å². The van der Waals surface area contributed by atoms with Crippen molar-refractivity contribution in [2.75, 3.05) is 7.11 Å². The molecule has 1 heterocycles. The molecule has 2 rings (SSSR count). The maximum Gasteiger partial charge on any atom is 0.162 e. The maximum atomic E-state index is 5.95. The Balaban J connectivity index is 2.19. The number of ether oxygens (including phenoxy) is 1. The summed E-state index contributed by atoms with van der Waals surface area (Å²) in [6.45, 7) is 0. The zero-order chi connectivity index (χ0) is 8.55. The molecule has 1 aromatic rings. The highest BCUT2D eigenvalue weighted by Gasteiger charge is 2.33. The molecule has 1 aliphatic rings. The number of hydrogen-bond donors (Lipinski definition) is 1. The minimum Gasteiger partial charge on any atom is -0.493 e. The minimum absolute atomic E-state index is 0.0231. The maximum absolute atomic E-state index is 5.95. The van der Waals surface area contributed by atoms with Crippen molar-refractivity contribution in [1.82, 2.24) is 0 Å². The average molecular weight is 167 g/mol. The molecule has 1 atom stereocenters. The number of methoxy groups -OCH3 is 1. The lowest BCUT2D eigenvalue weighted by atomic mass is 10.1. The molecule has 0 aromatic carbocycles. The summed E-state index contributed by atoms with van der Waals surface area (Å²) in [5, 5.41) is 0. The summed E-state index contributed by atoms with van der Waals surface area (Å²) >= 11 is 0. The third-order valence-electron chi connectivity index (χ3n) is 2.31. The van der Waals surface area contributed by atoms with Crippen molar-refractivity contribution in [3.63, 3.8) is 0 Å². The zero-order valence-electron chi connectivity index (χ0n) is 7.12. The highest BCUT2D eigenvalue weighted by atomic mass is 16.5. The van der Waals surface area contributed by atoms with E-state index in [1.54, 1.807) is 19.4 Å². The Hall–Kier alpha value is -0.960. The normalized spacial score (nSPS) is 19.2. The van der Waals surface area contributed by atoms with Crippen LogP contribution >= 0.6 is 0 Å². The monoisotopic (exact) mass is 167 g/mol. The highest BCUT2D eigenvalue weighted by molar-refractivity contribution is 5.28. The Kier molecular flexibility index (Phi) is 1.81. The van der Waals surface area contributed by atoms with Gasteiger partial charge in [0, 0.05) is 6.07 Å². The second-order valence-corrected chi connectivity index (χ2v) is 3.22. The second kappa shape index (κ2) is 2.83. The summed E-state index contributed by atoms with van der Waals surface area (Å²) in [5.74, 6) is 2.17. The van der Waals surface area contributed by atoms with Gasteiger partial charge in [0.15, 0.2) is 11.5 Å². The predicted molar refractivity (Wildman–Crippen MR) is 44.9 cm³/mol. The molecule has 0 bridgehead atoms. The fourth-order valence-corrected chi connectivity index (χ4v) is 1.39. The van der Waals surface area contributed by atoms with Crippen molar-refractivity contribution in [3.05, 3.63) is 18.1 Å². The Morgan fingerprint density at radius 2 is 2.42 bits per heavy atom. The standard InChI is InChI=1S/C9H13NO2/c1-11-7-4-5-12-9(7)8(10)6-2-3-6/h4-6,8H,2-3,10H2,1H3/t8-/m0/s1. The molecular formula is C9H13NO2. The summed E-state index contributed by atoms with van der Waals surface area (Å²) < 4.78 is 10.4. The lowest BCUT2D eigenvalue weighted by molar-refractivity contribution is 0.369. The van der Waals surface area contributed by atoms with Crippen molar-refractivity contribution in [2.45, 2.75) is 18.9 Å². The van der Waals surface area contributed by atoms with Crippen LogP contribution in [0.3, 0.4) is 0 Å². The number of hydrogen-bond acceptors (Lipinski definition) is 3. The second-order valence-electron chi connectivity index (χ2n) is 3.22. The van der Waals surface area contributed by atoms with E-state index in [2.05, 4.69) is 0 Å². The number of rotatable bonds is 3. The molecular weight excluding hydrogens is 154 g/mol. The van der Waals surface area contributed by atoms with Gasteiger partial charge in [-0.25, -0.2) is 0 Å². The lowest BCUT2D eigenvalue weighted by Gasteiger charge is -2.08. The van der Waals surface area contributed by atoms with E-state index in [0.29, 0.717) is 5.92 Å². The van der Waals surface area contributed by atoms with Gasteiger partial charge in [0.05, 0.1) is 19.4 Å². The summed E-state index contributed by atoms with van der Waals surface area (Å²) in [7, 11) is 1.63. The first-order valence-electron chi connectivity index (χ1n) is 4.20. The van der Waals surface area contributed by atoms with Crippen LogP contribution in [0.1, 0.15) is 24.6 Å². The van der Waals surface area contributed by atoms with E-state index >= 15 is 0 Å². The van der Waals surface area contributed by atoms with Crippen LogP contribution < -0.4 is 10.5 Å². The van der Waals surface area contributed by atoms with Gasteiger partial charge in [0.25, 0.3) is 0 Å². The molecule has 0 saturated heterocycles. The zero-order valence-corrected chi connectivity index (χ0v) is 7.12. The summed E-state index contributed by atoms with van der Waals surface area (Å²) in [6, 6.07) is 1.83. The molecule has 12 heavy (non-hydrogen) atoms. The van der Waals surface area contributed by atoms with Crippen LogP contribution in [-0.4, -0.2) is 7.11 Å². The molecule has 0 radical (unpaired) electrons. The molecule has 1 aromatic heterocycles. The van der Waals surface area contributed by atoms with E-state index in [1.165, 1.54) is 12.8 Å². The molecule has 66 valence electrons. The molecule has 3 heteroatoms. The van der Waals surface area contributed by atoms with Gasteiger partial charge in [-0.15, -0.1) is 0 Å². The van der Waals surface area contributed by atoms with E-state index in [0.717, 1.165) is 11.5 Å². The van der Waals surface area contributed by atoms with Crippen LogP contribution in [0.2, 0.25) is 0 Å². The fourth-order valence-electron chi connectivity index (χ4n) is 1.39. The van der Waals surface area contributed by atoms with Gasteiger partial charge < -0.3 is 14.9 Å². The van der Waals surface area contributed by atoms with Crippen molar-refractivity contribution in [2.24, 2.45) is 11.7 Å². The third-order valence-corrected chi connectivity index (χ3v) is 2.31. The Morgan fingerprint density at radius 1 is 1.67 bits per heavy atom. The average Bonchev–Trinajstić information content (AvgIpc) is 2.82. The molecule has 0 aliphatic heterocycles. The largest absolute Gasteiger partial charge is 0.493 e. The van der Waals surface area contributed by atoms with E-state index in [1.807, 2.05) is 0 Å². The third kappa shape index (κ3) is 1.20. The van der Waals surface area contributed by atoms with E-state index in [4.69, 9.17) is 14.9 Å². The van der Waals surface area contributed by atoms with Crippen LogP contribution in [0.5, 0.6) is 5.75 Å². The Labute approximate surface area is 71.5 Å². The molecule has 1 fully saturated rings. The quantitative estimate of drug-likeness (QED) is 0.745. The van der Waals surface area contributed by atoms with Crippen LogP contribution in [0.15, 0.2) is 16.7 Å². The lowest BCUT2D eigenvalue weighted by Crippen LogP contribution is -2.12. The van der Waals surface area contributed by atoms with Gasteiger partial charge in [-0.2, -0.15) is 0 Å². The summed E-state index contributed by atoms with van der Waals surface area (Å²) in [4.78, 5) is 0. The van der Waals surface area contributed by atoms with Crippen LogP contribution in [0.4, 0.5) is 0 Å². The number of nitrogens with two attached hydrogens (primary N) is 1. The number of furan rings is 1. The van der Waals surface area contributed by atoms with Crippen molar-refractivity contribution in [3.8, 4) is 5.75 Å². The molecule has 2 N–H and O–H groups in total. The molecule has 3 nitrogen and oxygen atoms in total. The van der Waals surface area contributed by atoms with Crippen molar-refractivity contribution >= 4 is 0 Å². The Morgan fingerprint density at radius 3 is 3.00 bits per heavy atom. The topological polar surface area (TPSA) is 48.4 Å². The highest BCUT2D eigenvalue weighted by Crippen LogP contribution is 2.42. The molecule has 0 unspecified atom stereocenters. The van der Waals surface area contributed by atoms with Crippen LogP contribution in [0.25, 0.3) is 0 Å². The van der Waals surface area contributed by atoms with Gasteiger partial charge >= 0.3 is 0 Å². The van der Waals surface area contributed by atoms with Crippen LogP contribution in [-0.2, 0) is 0 Å². The summed E-state index contributed by atoms with van der Waals surface area (Å²) in [6.07, 6.45) is 4.05. The summed E-state index contributed by atoms with van der Waals surface area (Å²) in [5.41, 5.74) is 5.95. The van der Waals surface area contributed by atoms with Gasteiger partial charge in [-0.3, -0.25) is 0 Å². The first-order valence-corrected chi connectivity index (χ1v) is 4.20.